The molecule has 4 heteroatoms. The zero-order chi connectivity index (χ0) is 13.2. The number of hydrogen-bond donors (Lipinski definition) is 0. The molecule has 2 nitrogen and oxygen atoms in total. The summed E-state index contributed by atoms with van der Waals surface area (Å²) in [6.07, 6.45) is 2.55. The van der Waals surface area contributed by atoms with E-state index in [2.05, 4.69) is 52.5 Å². The smallest absolute Gasteiger partial charge is 0.0965 e. The summed E-state index contributed by atoms with van der Waals surface area (Å²) in [6, 6.07) is 8.33. The molecule has 19 heavy (non-hydrogen) atoms. The summed E-state index contributed by atoms with van der Waals surface area (Å²) >= 11 is 5.24. The topological polar surface area (TPSA) is 22.1 Å². The minimum atomic E-state index is 0.360. The first-order chi connectivity index (χ1) is 9.22. The van der Waals surface area contributed by atoms with Gasteiger partial charge in [0.2, 0.25) is 0 Å². The predicted molar refractivity (Wildman–Crippen MR) is 82.6 cm³/mol. The number of thiazole rings is 1. The zero-order valence-corrected chi connectivity index (χ0v) is 13.2. The van der Waals surface area contributed by atoms with Crippen LogP contribution in [-0.2, 0) is 4.74 Å². The Morgan fingerprint density at radius 1 is 1.32 bits per heavy atom. The van der Waals surface area contributed by atoms with Crippen LogP contribution >= 0.6 is 27.3 Å². The van der Waals surface area contributed by atoms with Gasteiger partial charge in [-0.3, -0.25) is 0 Å². The molecule has 0 bridgehead atoms. The maximum Gasteiger partial charge on any atom is 0.0965 e. The van der Waals surface area contributed by atoms with E-state index in [9.17, 15) is 0 Å². The Hall–Kier alpha value is -0.710. The lowest BCUT2D eigenvalue weighted by atomic mass is 9.97. The lowest BCUT2D eigenvalue weighted by Gasteiger charge is -2.25. The molecule has 0 spiro atoms. The minimum absolute atomic E-state index is 0.360. The van der Waals surface area contributed by atoms with E-state index >= 15 is 0 Å². The number of halogens is 1. The standard InChI is InChI=1S/C15H16BrNOS/c1-10-8-12(6-7-18-10)15-17-14(9-19-15)11-2-4-13(16)5-3-11/h2-5,9-10,12H,6-8H2,1H3. The molecule has 3 rings (SSSR count). The van der Waals surface area contributed by atoms with Gasteiger partial charge in [0.05, 0.1) is 16.8 Å². The molecule has 1 aromatic carbocycles. The van der Waals surface area contributed by atoms with Crippen LogP contribution < -0.4 is 0 Å². The van der Waals surface area contributed by atoms with Crippen LogP contribution in [0.5, 0.6) is 0 Å². The third-order valence-electron chi connectivity index (χ3n) is 3.50. The molecule has 100 valence electrons. The molecule has 2 unspecified atom stereocenters. The van der Waals surface area contributed by atoms with Crippen molar-refractivity contribution < 1.29 is 4.74 Å². The number of benzene rings is 1. The first-order valence-corrected chi connectivity index (χ1v) is 8.22. The fourth-order valence-corrected chi connectivity index (χ4v) is 3.69. The van der Waals surface area contributed by atoms with E-state index in [4.69, 9.17) is 9.72 Å². The van der Waals surface area contributed by atoms with Crippen LogP contribution in [0.25, 0.3) is 11.3 Å². The van der Waals surface area contributed by atoms with E-state index in [1.54, 1.807) is 11.3 Å². The molecule has 1 aromatic heterocycles. The fraction of sp³-hybridized carbons (Fsp3) is 0.400. The second kappa shape index (κ2) is 5.73. The Kier molecular flexibility index (Phi) is 4.01. The van der Waals surface area contributed by atoms with Crippen molar-refractivity contribution in [1.29, 1.82) is 0 Å². The normalized spacial score (nSPS) is 23.5. The molecular weight excluding hydrogens is 322 g/mol. The summed E-state index contributed by atoms with van der Waals surface area (Å²) in [5.74, 6) is 0.568. The first-order valence-electron chi connectivity index (χ1n) is 6.55. The third kappa shape index (κ3) is 3.07. The molecule has 1 aliphatic heterocycles. The van der Waals surface area contributed by atoms with Crippen LogP contribution in [-0.4, -0.2) is 17.7 Å². The second-order valence-corrected chi connectivity index (χ2v) is 6.79. The van der Waals surface area contributed by atoms with Gasteiger partial charge in [0.1, 0.15) is 0 Å². The third-order valence-corrected chi connectivity index (χ3v) is 5.03. The average molecular weight is 338 g/mol. The SMILES string of the molecule is CC1CC(c2nc(-c3ccc(Br)cc3)cs2)CCO1. The van der Waals surface area contributed by atoms with Gasteiger partial charge in [0, 0.05) is 27.9 Å². The van der Waals surface area contributed by atoms with Crippen LogP contribution in [0, 0.1) is 0 Å². The van der Waals surface area contributed by atoms with Gasteiger partial charge in [-0.05, 0) is 31.9 Å². The van der Waals surface area contributed by atoms with Gasteiger partial charge in [0.15, 0.2) is 0 Å². The molecule has 0 radical (unpaired) electrons. The number of nitrogens with zero attached hydrogens (tertiary/aromatic N) is 1. The Morgan fingerprint density at radius 2 is 2.11 bits per heavy atom. The number of hydrogen-bond acceptors (Lipinski definition) is 3. The highest BCUT2D eigenvalue weighted by Crippen LogP contribution is 2.34. The van der Waals surface area contributed by atoms with Gasteiger partial charge in [-0.15, -0.1) is 11.3 Å². The predicted octanol–water partition coefficient (Wildman–Crippen LogP) is 4.86. The van der Waals surface area contributed by atoms with Crippen LogP contribution in [0.3, 0.4) is 0 Å². The van der Waals surface area contributed by atoms with Gasteiger partial charge in [-0.1, -0.05) is 28.1 Å². The Morgan fingerprint density at radius 3 is 2.84 bits per heavy atom. The van der Waals surface area contributed by atoms with E-state index in [-0.39, 0.29) is 0 Å². The molecule has 1 fully saturated rings. The summed E-state index contributed by atoms with van der Waals surface area (Å²) in [5, 5.41) is 3.42. The van der Waals surface area contributed by atoms with Crippen molar-refractivity contribution in [3.8, 4) is 11.3 Å². The van der Waals surface area contributed by atoms with Gasteiger partial charge >= 0.3 is 0 Å². The Balaban J connectivity index is 1.81. The Labute approximate surface area is 126 Å². The molecule has 0 aliphatic carbocycles. The summed E-state index contributed by atoms with van der Waals surface area (Å²) in [4.78, 5) is 4.82. The maximum atomic E-state index is 5.61. The fourth-order valence-electron chi connectivity index (χ4n) is 2.45. The zero-order valence-electron chi connectivity index (χ0n) is 10.8. The summed E-state index contributed by atoms with van der Waals surface area (Å²) in [7, 11) is 0. The van der Waals surface area contributed by atoms with Crippen LogP contribution in [0.1, 0.15) is 30.7 Å². The minimum Gasteiger partial charge on any atom is -0.378 e. The molecule has 2 atom stereocenters. The first kappa shape index (κ1) is 13.3. The lowest BCUT2D eigenvalue weighted by Crippen LogP contribution is -2.21. The van der Waals surface area contributed by atoms with E-state index in [1.165, 1.54) is 10.6 Å². The van der Waals surface area contributed by atoms with Crippen LogP contribution in [0.15, 0.2) is 34.1 Å². The highest BCUT2D eigenvalue weighted by molar-refractivity contribution is 9.10. The molecule has 0 N–H and O–H groups in total. The van der Waals surface area contributed by atoms with E-state index < -0.39 is 0 Å². The highest BCUT2D eigenvalue weighted by Gasteiger charge is 2.23. The van der Waals surface area contributed by atoms with Crippen molar-refractivity contribution in [2.45, 2.75) is 31.8 Å². The molecule has 2 heterocycles. The molecule has 2 aromatic rings. The van der Waals surface area contributed by atoms with Gasteiger partial charge in [-0.2, -0.15) is 0 Å². The van der Waals surface area contributed by atoms with Gasteiger partial charge < -0.3 is 4.74 Å². The molecular formula is C15H16BrNOS. The van der Waals surface area contributed by atoms with Crippen molar-refractivity contribution in [3.05, 3.63) is 39.1 Å². The van der Waals surface area contributed by atoms with Gasteiger partial charge in [-0.25, -0.2) is 4.98 Å². The van der Waals surface area contributed by atoms with E-state index in [1.807, 2.05) is 0 Å². The van der Waals surface area contributed by atoms with E-state index in [0.717, 1.165) is 29.6 Å². The number of ether oxygens (including phenoxy) is 1. The van der Waals surface area contributed by atoms with Crippen molar-refractivity contribution >= 4 is 27.3 Å². The van der Waals surface area contributed by atoms with Crippen LogP contribution in [0.4, 0.5) is 0 Å². The maximum absolute atomic E-state index is 5.61. The van der Waals surface area contributed by atoms with E-state index in [0.29, 0.717) is 12.0 Å². The highest BCUT2D eigenvalue weighted by atomic mass is 79.9. The van der Waals surface area contributed by atoms with Crippen LogP contribution in [0.2, 0.25) is 0 Å². The summed E-state index contributed by atoms with van der Waals surface area (Å²) < 4.78 is 6.71. The molecule has 0 amide bonds. The monoisotopic (exact) mass is 337 g/mol. The average Bonchev–Trinajstić information content (AvgIpc) is 2.89. The van der Waals surface area contributed by atoms with Crippen molar-refractivity contribution in [2.24, 2.45) is 0 Å². The summed E-state index contributed by atoms with van der Waals surface area (Å²) in [5.41, 5.74) is 2.28. The largest absolute Gasteiger partial charge is 0.378 e. The molecule has 1 aliphatic rings. The number of aromatic nitrogens is 1. The van der Waals surface area contributed by atoms with Crippen molar-refractivity contribution in [3.63, 3.8) is 0 Å². The lowest BCUT2D eigenvalue weighted by molar-refractivity contribution is 0.0186. The second-order valence-electron chi connectivity index (χ2n) is 4.98. The van der Waals surface area contributed by atoms with Gasteiger partial charge in [0.25, 0.3) is 0 Å². The summed E-state index contributed by atoms with van der Waals surface area (Å²) in [6.45, 7) is 3.01. The molecule has 1 saturated heterocycles. The quantitative estimate of drug-likeness (QED) is 0.780. The molecule has 0 saturated carbocycles. The Bertz CT molecular complexity index is 552. The number of rotatable bonds is 2. The van der Waals surface area contributed by atoms with Crippen molar-refractivity contribution in [2.75, 3.05) is 6.61 Å². The van der Waals surface area contributed by atoms with Crippen molar-refractivity contribution in [1.82, 2.24) is 4.98 Å².